The van der Waals surface area contributed by atoms with Gasteiger partial charge in [0.1, 0.15) is 0 Å². The molecule has 1 aromatic rings. The molecule has 0 aliphatic rings. The van der Waals surface area contributed by atoms with E-state index in [2.05, 4.69) is 17.5 Å². The molecule has 3 N–H and O–H groups in total. The van der Waals surface area contributed by atoms with Crippen LogP contribution in [0.25, 0.3) is 0 Å². The summed E-state index contributed by atoms with van der Waals surface area (Å²) in [6.07, 6.45) is 0. The van der Waals surface area contributed by atoms with Gasteiger partial charge in [-0.05, 0) is 30.4 Å². The van der Waals surface area contributed by atoms with Gasteiger partial charge in [0.25, 0.3) is 5.76 Å². The van der Waals surface area contributed by atoms with Gasteiger partial charge in [-0.1, -0.05) is 17.8 Å². The number of thioether (sulfide) groups is 1. The van der Waals surface area contributed by atoms with Gasteiger partial charge in [-0.2, -0.15) is 8.78 Å². The zero-order chi connectivity index (χ0) is 10.6. The van der Waals surface area contributed by atoms with Crippen LogP contribution < -0.4 is 11.1 Å². The summed E-state index contributed by atoms with van der Waals surface area (Å²) in [5, 5.41) is 2.78. The summed E-state index contributed by atoms with van der Waals surface area (Å²) in [6.45, 7) is 0. The Kier molecular flexibility index (Phi) is 4.09. The summed E-state index contributed by atoms with van der Waals surface area (Å²) in [7, 11) is 0. The first kappa shape index (κ1) is 11.2. The summed E-state index contributed by atoms with van der Waals surface area (Å²) >= 11 is 5.10. The number of benzene rings is 1. The minimum absolute atomic E-state index is 0.115. The van der Waals surface area contributed by atoms with Crippen LogP contribution in [0, 0.1) is 0 Å². The molecule has 0 fully saturated rings. The molecule has 0 saturated heterocycles. The Balaban J connectivity index is 2.73. The summed E-state index contributed by atoms with van der Waals surface area (Å²) in [4.78, 5) is 0.473. The summed E-state index contributed by atoms with van der Waals surface area (Å²) in [5.41, 5.74) is 5.86. The Hall–Kier alpha value is -0.880. The van der Waals surface area contributed by atoms with Gasteiger partial charge < -0.3 is 11.1 Å². The molecule has 0 aromatic heterocycles. The highest BCUT2D eigenvalue weighted by Crippen LogP contribution is 2.26. The number of hydrogen-bond donors (Lipinski definition) is 2. The van der Waals surface area contributed by atoms with E-state index in [-0.39, 0.29) is 5.11 Å². The molecule has 0 saturated carbocycles. The molecule has 0 heterocycles. The van der Waals surface area contributed by atoms with E-state index in [0.29, 0.717) is 22.3 Å². The van der Waals surface area contributed by atoms with Crippen LogP contribution in [-0.2, 0) is 0 Å². The van der Waals surface area contributed by atoms with Crippen LogP contribution in [0.15, 0.2) is 29.2 Å². The monoisotopic (exact) mass is 234 g/mol. The highest BCUT2D eigenvalue weighted by atomic mass is 32.2. The molecule has 0 aliphatic heterocycles. The number of nitrogens with one attached hydrogen (secondary N) is 1. The Morgan fingerprint density at radius 1 is 1.50 bits per heavy atom. The molecule has 0 bridgehead atoms. The largest absolute Gasteiger partial charge is 0.376 e. The number of rotatable bonds is 3. The second-order valence-electron chi connectivity index (χ2n) is 2.40. The van der Waals surface area contributed by atoms with E-state index in [1.165, 1.54) is 0 Å². The zero-order valence-corrected chi connectivity index (χ0v) is 8.67. The minimum atomic E-state index is -2.42. The third kappa shape index (κ3) is 3.89. The first-order valence-electron chi connectivity index (χ1n) is 3.69. The van der Waals surface area contributed by atoms with Crippen LogP contribution in [0.2, 0.25) is 0 Å². The van der Waals surface area contributed by atoms with Crippen molar-refractivity contribution in [3.63, 3.8) is 0 Å². The molecule has 1 aromatic carbocycles. The molecule has 0 amide bonds. The predicted molar refractivity (Wildman–Crippen MR) is 58.7 cm³/mol. The van der Waals surface area contributed by atoms with Gasteiger partial charge in [0.15, 0.2) is 5.11 Å². The lowest BCUT2D eigenvalue weighted by molar-refractivity contribution is 0.252. The van der Waals surface area contributed by atoms with Gasteiger partial charge in [0, 0.05) is 10.6 Å². The molecule has 76 valence electrons. The lowest BCUT2D eigenvalue weighted by atomic mass is 10.3. The molecular weight excluding hydrogens is 226 g/mol. The fraction of sp³-hybridized carbons (Fsp3) is 0.125. The van der Waals surface area contributed by atoms with Crippen LogP contribution in [0.1, 0.15) is 0 Å². The topological polar surface area (TPSA) is 38.0 Å². The first-order chi connectivity index (χ1) is 6.58. The number of alkyl halides is 2. The molecule has 0 aliphatic carbocycles. The number of nitrogens with two attached hydrogens (primary N) is 1. The molecule has 2 nitrogen and oxygen atoms in total. The third-order valence-electron chi connectivity index (χ3n) is 1.33. The third-order valence-corrected chi connectivity index (χ3v) is 2.13. The second-order valence-corrected chi connectivity index (χ2v) is 3.90. The van der Waals surface area contributed by atoms with Crippen LogP contribution >= 0.6 is 24.0 Å². The van der Waals surface area contributed by atoms with E-state index >= 15 is 0 Å². The standard InChI is InChI=1S/C8H8F2N2S2/c9-7(10)14-6-3-1-2-5(4-6)12-8(11)13/h1-4,7H,(H3,11,12,13). The van der Waals surface area contributed by atoms with Crippen molar-refractivity contribution < 1.29 is 8.78 Å². The Labute approximate surface area is 89.9 Å². The van der Waals surface area contributed by atoms with Crippen LogP contribution in [0.4, 0.5) is 14.5 Å². The molecular formula is C8H8F2N2S2. The number of anilines is 1. The molecule has 6 heteroatoms. The maximum Gasteiger partial charge on any atom is 0.288 e. The van der Waals surface area contributed by atoms with Crippen molar-refractivity contribution >= 4 is 34.8 Å². The smallest absolute Gasteiger partial charge is 0.288 e. The van der Waals surface area contributed by atoms with E-state index in [1.807, 2.05) is 0 Å². The van der Waals surface area contributed by atoms with Crippen LogP contribution in [0.5, 0.6) is 0 Å². The Morgan fingerprint density at radius 2 is 2.21 bits per heavy atom. The summed E-state index contributed by atoms with van der Waals surface area (Å²) in [6, 6.07) is 6.53. The van der Waals surface area contributed by atoms with E-state index in [9.17, 15) is 8.78 Å². The normalized spacial score (nSPS) is 10.2. The number of hydrogen-bond acceptors (Lipinski definition) is 2. The van der Waals surface area contributed by atoms with Gasteiger partial charge in [-0.25, -0.2) is 0 Å². The number of halogens is 2. The molecule has 0 unspecified atom stereocenters. The van der Waals surface area contributed by atoms with E-state index in [1.54, 1.807) is 24.3 Å². The molecule has 0 radical (unpaired) electrons. The van der Waals surface area contributed by atoms with Gasteiger partial charge in [0.2, 0.25) is 0 Å². The Bertz CT molecular complexity index is 331. The van der Waals surface area contributed by atoms with Gasteiger partial charge in [-0.15, -0.1) is 0 Å². The van der Waals surface area contributed by atoms with Gasteiger partial charge in [0.05, 0.1) is 0 Å². The lowest BCUT2D eigenvalue weighted by Crippen LogP contribution is -2.18. The highest BCUT2D eigenvalue weighted by molar-refractivity contribution is 7.99. The fourth-order valence-corrected chi connectivity index (χ4v) is 1.57. The van der Waals surface area contributed by atoms with Gasteiger partial charge >= 0.3 is 0 Å². The summed E-state index contributed by atoms with van der Waals surface area (Å²) in [5.74, 6) is -2.42. The maximum absolute atomic E-state index is 12.0. The summed E-state index contributed by atoms with van der Waals surface area (Å²) < 4.78 is 24.0. The van der Waals surface area contributed by atoms with Crippen molar-refractivity contribution in [2.75, 3.05) is 5.32 Å². The average molecular weight is 234 g/mol. The first-order valence-corrected chi connectivity index (χ1v) is 4.98. The number of thiocarbonyl (C=S) groups is 1. The SMILES string of the molecule is NC(=S)Nc1cccc(SC(F)F)c1. The lowest BCUT2D eigenvalue weighted by Gasteiger charge is -2.05. The van der Waals surface area contributed by atoms with Crippen molar-refractivity contribution in [1.29, 1.82) is 0 Å². The van der Waals surface area contributed by atoms with Crippen molar-refractivity contribution in [3.8, 4) is 0 Å². The van der Waals surface area contributed by atoms with E-state index in [4.69, 9.17) is 5.73 Å². The second kappa shape index (κ2) is 5.11. The minimum Gasteiger partial charge on any atom is -0.376 e. The van der Waals surface area contributed by atoms with E-state index in [0.717, 1.165) is 0 Å². The van der Waals surface area contributed by atoms with E-state index < -0.39 is 5.76 Å². The van der Waals surface area contributed by atoms with Crippen LogP contribution in [-0.4, -0.2) is 10.9 Å². The predicted octanol–water partition coefficient (Wildman–Crippen LogP) is 2.66. The molecule has 0 spiro atoms. The van der Waals surface area contributed by atoms with Crippen molar-refractivity contribution in [1.82, 2.24) is 0 Å². The van der Waals surface area contributed by atoms with Crippen LogP contribution in [0.3, 0.4) is 0 Å². The van der Waals surface area contributed by atoms with Gasteiger partial charge in [-0.3, -0.25) is 0 Å². The molecule has 0 atom stereocenters. The van der Waals surface area contributed by atoms with Crippen molar-refractivity contribution in [2.45, 2.75) is 10.7 Å². The average Bonchev–Trinajstić information content (AvgIpc) is 2.01. The Morgan fingerprint density at radius 3 is 2.79 bits per heavy atom. The quantitative estimate of drug-likeness (QED) is 0.623. The fourth-order valence-electron chi connectivity index (χ4n) is 0.892. The van der Waals surface area contributed by atoms with Crippen molar-refractivity contribution in [3.05, 3.63) is 24.3 Å². The maximum atomic E-state index is 12.0. The van der Waals surface area contributed by atoms with Crippen molar-refractivity contribution in [2.24, 2.45) is 5.73 Å². The molecule has 1 rings (SSSR count). The molecule has 14 heavy (non-hydrogen) atoms. The highest BCUT2D eigenvalue weighted by Gasteiger charge is 2.05. The zero-order valence-electron chi connectivity index (χ0n) is 7.04.